The number of hydrogen-bond donors (Lipinski definition) is 2. The topological polar surface area (TPSA) is 94.3 Å². The SMILES string of the molecule is CCc1cc(C[C@@H](NC(=O)N2CCC(I3CC4=C(N=C3N)c3ccccc3I=C4)CC2)C(=O)N2CCN(C3CC[I-]CC3)CC2)cc(I)c1I. The van der Waals surface area contributed by atoms with E-state index in [1.54, 1.807) is 0 Å². The summed E-state index contributed by atoms with van der Waals surface area (Å²) < 4.78 is 11.8. The van der Waals surface area contributed by atoms with E-state index >= 15 is 0 Å². The number of hydrogen-bond acceptors (Lipinski definition) is 5. The van der Waals surface area contributed by atoms with E-state index in [-0.39, 0.29) is 32.7 Å². The van der Waals surface area contributed by atoms with Gasteiger partial charge in [-0.25, -0.2) is 0 Å². The summed E-state index contributed by atoms with van der Waals surface area (Å²) in [6, 6.07) is 13.1. The van der Waals surface area contributed by atoms with E-state index < -0.39 is 25.9 Å². The van der Waals surface area contributed by atoms with Gasteiger partial charge in [-0.1, -0.05) is 6.92 Å². The number of halogens is 5. The van der Waals surface area contributed by atoms with Crippen LogP contribution in [0.3, 0.4) is 0 Å². The van der Waals surface area contributed by atoms with Crippen LogP contribution >= 0.6 is 85.7 Å². The fourth-order valence-corrected chi connectivity index (χ4v) is 21.1. The van der Waals surface area contributed by atoms with Gasteiger partial charge in [-0.15, -0.1) is 0 Å². The number of nitrogens with one attached hydrogen (secondary N) is 1. The average molecular weight is 1240 g/mol. The normalized spacial score (nSPS) is 22.1. The van der Waals surface area contributed by atoms with Gasteiger partial charge in [0, 0.05) is 0 Å². The molecule has 0 aromatic heterocycles. The van der Waals surface area contributed by atoms with E-state index in [1.807, 2.05) is 9.80 Å². The number of alkyl halides is 4. The third-order valence-electron chi connectivity index (χ3n) is 10.5. The number of piperazine rings is 1. The summed E-state index contributed by atoms with van der Waals surface area (Å²) in [4.78, 5) is 39.8. The molecule has 3 N–H and O–H groups in total. The number of aryl methyl sites for hydroxylation is 1. The molecule has 0 bridgehead atoms. The van der Waals surface area contributed by atoms with Crippen LogP contribution in [0.4, 0.5) is 4.79 Å². The Balaban J connectivity index is 1.00. The van der Waals surface area contributed by atoms with E-state index in [9.17, 15) is 9.59 Å². The second-order valence-electron chi connectivity index (χ2n) is 13.5. The van der Waals surface area contributed by atoms with Gasteiger partial charge in [0.05, 0.1) is 0 Å². The van der Waals surface area contributed by atoms with Gasteiger partial charge in [-0.3, -0.25) is 0 Å². The van der Waals surface area contributed by atoms with Gasteiger partial charge in [0.1, 0.15) is 0 Å². The number of rotatable bonds is 7. The molecule has 8 nitrogen and oxygen atoms in total. The number of carbonyl (C=O) groups is 2. The van der Waals surface area contributed by atoms with Crippen molar-refractivity contribution >= 4 is 111 Å². The predicted molar refractivity (Wildman–Crippen MR) is 235 cm³/mol. The summed E-state index contributed by atoms with van der Waals surface area (Å²) in [5.74, 6) is 0.0609. The van der Waals surface area contributed by atoms with Gasteiger partial charge in [-0.05, 0) is 22.6 Å². The zero-order valence-electron chi connectivity index (χ0n) is 28.5. The summed E-state index contributed by atoms with van der Waals surface area (Å²) >= 11 is 3.42. The molecule has 2 aromatic rings. The van der Waals surface area contributed by atoms with Gasteiger partial charge in [0.15, 0.2) is 0 Å². The Hall–Kier alpha value is -0.130. The number of fused-ring (bicyclic) bond motifs is 2. The van der Waals surface area contributed by atoms with Gasteiger partial charge in [0.25, 0.3) is 0 Å². The van der Waals surface area contributed by atoms with Crippen molar-refractivity contribution in [1.29, 1.82) is 0 Å². The van der Waals surface area contributed by atoms with Crippen LogP contribution in [0.5, 0.6) is 0 Å². The quantitative estimate of drug-likeness (QED) is 0.254. The Bertz CT molecular complexity index is 1690. The van der Waals surface area contributed by atoms with Crippen molar-refractivity contribution < 1.29 is 30.8 Å². The molecule has 0 aliphatic carbocycles. The Morgan fingerprint density at radius 1 is 1.04 bits per heavy atom. The van der Waals surface area contributed by atoms with Crippen molar-refractivity contribution in [3.05, 3.63) is 69.4 Å². The molecule has 0 saturated carbocycles. The number of piperidine rings is 1. The molecule has 0 spiro atoms. The molecule has 2 aromatic carbocycles. The van der Waals surface area contributed by atoms with Gasteiger partial charge < -0.3 is 0 Å². The van der Waals surface area contributed by atoms with Gasteiger partial charge in [-0.2, -0.15) is 0 Å². The number of nitrogens with zero attached hydrogens (tertiary/aromatic N) is 4. The molecule has 3 fully saturated rings. The van der Waals surface area contributed by atoms with Crippen LogP contribution in [0, 0.1) is 10.7 Å². The van der Waals surface area contributed by atoms with E-state index in [4.69, 9.17) is 10.7 Å². The maximum atomic E-state index is 14.2. The van der Waals surface area contributed by atoms with Gasteiger partial charge >= 0.3 is 327 Å². The zero-order valence-corrected chi connectivity index (χ0v) is 39.2. The third kappa shape index (κ3) is 8.71. The van der Waals surface area contributed by atoms with Crippen molar-refractivity contribution in [1.82, 2.24) is 20.0 Å². The van der Waals surface area contributed by atoms with Crippen LogP contribution in [-0.4, -0.2) is 103 Å². The number of amidine groups is 1. The molecule has 0 radical (unpaired) electrons. The molecule has 272 valence electrons. The molecule has 5 heterocycles. The first-order valence-electron chi connectivity index (χ1n) is 17.6. The van der Waals surface area contributed by atoms with E-state index in [1.165, 1.54) is 49.1 Å². The molecular formula is C37H46I5N6O2-. The molecule has 5 aliphatic heterocycles. The summed E-state index contributed by atoms with van der Waals surface area (Å²) in [5, 5.41) is 3.27. The fraction of sp³-hybridized carbons (Fsp3) is 0.514. The fourth-order valence-electron chi connectivity index (χ4n) is 7.59. The number of likely N-dealkylation sites (tertiary alicyclic amines) is 1. The smallest absolute Gasteiger partial charge is 0.0429 e. The number of aliphatic imine (C=N–C) groups is 1. The summed E-state index contributed by atoms with van der Waals surface area (Å²) in [6.07, 6.45) is 6.04. The molecule has 1 atom stereocenters. The van der Waals surface area contributed by atoms with Crippen molar-refractivity contribution in [3.63, 3.8) is 0 Å². The second kappa shape index (κ2) is 17.6. The van der Waals surface area contributed by atoms with Crippen molar-refractivity contribution in [2.45, 2.75) is 61.5 Å². The van der Waals surface area contributed by atoms with Crippen molar-refractivity contribution in [2.24, 2.45) is 10.7 Å². The molecule has 13 heteroatoms. The number of carbonyl (C=O) groups excluding carboxylic acids is 2. The number of nitrogens with two attached hydrogens (primary N) is 1. The minimum absolute atomic E-state index is 0.0609. The van der Waals surface area contributed by atoms with E-state index in [0.29, 0.717) is 50.7 Å². The summed E-state index contributed by atoms with van der Waals surface area (Å²) in [7, 11) is 0. The summed E-state index contributed by atoms with van der Waals surface area (Å²) in [6.45, 7) is 6.94. The van der Waals surface area contributed by atoms with Crippen LogP contribution in [0.25, 0.3) is 5.70 Å². The monoisotopic (exact) mass is 1240 g/mol. The Morgan fingerprint density at radius 3 is 2.52 bits per heavy atom. The Morgan fingerprint density at radius 2 is 1.78 bits per heavy atom. The third-order valence-corrected chi connectivity index (χ3v) is 25.7. The first kappa shape index (κ1) is 38.2. The second-order valence-corrected chi connectivity index (χ2v) is 27.2. The van der Waals surface area contributed by atoms with E-state index in [2.05, 4.69) is 103 Å². The summed E-state index contributed by atoms with van der Waals surface area (Å²) in [5.41, 5.74) is 13.0. The average Bonchev–Trinajstić information content (AvgIpc) is 3.15. The minimum Gasteiger partial charge on any atom is -0.0429 e. The first-order chi connectivity index (χ1) is 24.3. The van der Waals surface area contributed by atoms with Crippen LogP contribution in [-0.2, 0) is 17.6 Å². The molecule has 0 unspecified atom stereocenters. The minimum atomic E-state index is -1.70. The number of allylic oxidation sites excluding steroid dienone is 1. The molecular weight excluding hydrogens is 1190 g/mol. The standard InChI is InChI=1S/C37H46I5N6O2/c1-2-25-19-24(20-30(38)33(25)39)21-32(35(49)47-17-15-46(16-18-47)28-7-11-40-12-8-28)44-37(50)48-13-9-27(10-14-48)42-23-26-22-41-31-6-4-3-5-29(31)34(26)45-36(42)43/h3-6,19-20,22,27-28,32H,2,7-18,21,23H2,1H3,(H2,43,45)(H,44,50)/q-1/t32-/m1/s1. The molecule has 5 aliphatic rings. The maximum absolute atomic E-state index is 14.2. The zero-order chi connectivity index (χ0) is 34.8. The van der Waals surface area contributed by atoms with Crippen LogP contribution in [0.15, 0.2) is 47.0 Å². The van der Waals surface area contributed by atoms with Gasteiger partial charge in [0.2, 0.25) is 0 Å². The molecule has 50 heavy (non-hydrogen) atoms. The molecule has 7 rings (SSSR count). The molecule has 3 amide bonds. The Labute approximate surface area is 351 Å². The number of benzene rings is 2. The van der Waals surface area contributed by atoms with Crippen LogP contribution in [0.1, 0.15) is 49.3 Å². The molecule has 3 saturated heterocycles. The number of urea groups is 1. The number of amides is 3. The van der Waals surface area contributed by atoms with E-state index in [0.717, 1.165) is 65.0 Å². The Kier molecular flexibility index (Phi) is 13.4. The first-order valence-corrected chi connectivity index (χ1v) is 29.0. The predicted octanol–water partition coefficient (Wildman–Crippen LogP) is 3.14. The van der Waals surface area contributed by atoms with Crippen molar-refractivity contribution in [3.8, 4) is 0 Å². The van der Waals surface area contributed by atoms with Crippen LogP contribution in [0.2, 0.25) is 0 Å². The van der Waals surface area contributed by atoms with Crippen LogP contribution < -0.4 is 32.3 Å². The van der Waals surface area contributed by atoms with Crippen molar-refractivity contribution in [2.75, 3.05) is 52.6 Å².